The Morgan fingerprint density at radius 2 is 1.67 bits per heavy atom. The first kappa shape index (κ1) is 15.4. The number of hydrogen-bond acceptors (Lipinski definition) is 3. The highest BCUT2D eigenvalue weighted by Gasteiger charge is 2.04. The molecule has 3 heteroatoms. The maximum absolute atomic E-state index is 5.67. The minimum atomic E-state index is 0.327. The second-order valence-corrected chi connectivity index (χ2v) is 4.96. The average molecular weight is 285 g/mol. The Morgan fingerprint density at radius 3 is 2.33 bits per heavy atom. The lowest BCUT2D eigenvalue weighted by Crippen LogP contribution is -2.21. The lowest BCUT2D eigenvalue weighted by Gasteiger charge is -2.15. The molecule has 2 aromatic carbocycles. The molecule has 3 nitrogen and oxygen atoms in total. The molecule has 0 aliphatic rings. The van der Waals surface area contributed by atoms with Gasteiger partial charge in [0.15, 0.2) is 0 Å². The van der Waals surface area contributed by atoms with E-state index in [1.165, 1.54) is 5.56 Å². The number of benzene rings is 2. The monoisotopic (exact) mass is 285 g/mol. The first-order chi connectivity index (χ1) is 10.3. The summed E-state index contributed by atoms with van der Waals surface area (Å²) in [5.74, 6) is 1.82. The van der Waals surface area contributed by atoms with Crippen molar-refractivity contribution in [3.8, 4) is 11.5 Å². The summed E-state index contributed by atoms with van der Waals surface area (Å²) in [6.45, 7) is 3.83. The van der Waals surface area contributed by atoms with Gasteiger partial charge in [-0.25, -0.2) is 0 Å². The molecule has 2 rings (SSSR count). The quantitative estimate of drug-likeness (QED) is 0.748. The van der Waals surface area contributed by atoms with Gasteiger partial charge in [-0.15, -0.1) is 0 Å². The van der Waals surface area contributed by atoms with Crippen LogP contribution in [0.4, 0.5) is 0 Å². The molecule has 0 aliphatic heterocycles. The minimum Gasteiger partial charge on any atom is -0.497 e. The Hall–Kier alpha value is -2.00. The Morgan fingerprint density at radius 1 is 0.952 bits per heavy atom. The largest absolute Gasteiger partial charge is 0.497 e. The molecular weight excluding hydrogens is 262 g/mol. The smallest absolute Gasteiger partial charge is 0.119 e. The molecule has 0 bridgehead atoms. The van der Waals surface area contributed by atoms with E-state index in [4.69, 9.17) is 9.47 Å². The van der Waals surface area contributed by atoms with Crippen molar-refractivity contribution in [1.82, 2.24) is 5.32 Å². The molecule has 1 N–H and O–H groups in total. The van der Waals surface area contributed by atoms with E-state index in [1.807, 2.05) is 42.5 Å². The summed E-state index contributed by atoms with van der Waals surface area (Å²) in [6.07, 6.45) is 0.982. The second-order valence-electron chi connectivity index (χ2n) is 4.96. The summed E-state index contributed by atoms with van der Waals surface area (Å²) in [5.41, 5.74) is 1.26. The Balaban J connectivity index is 1.65. The second kappa shape index (κ2) is 8.32. The highest BCUT2D eigenvalue weighted by Crippen LogP contribution is 2.17. The third kappa shape index (κ3) is 5.12. The van der Waals surface area contributed by atoms with E-state index in [1.54, 1.807) is 7.11 Å². The van der Waals surface area contributed by atoms with Crippen LogP contribution in [0.1, 0.15) is 24.9 Å². The summed E-state index contributed by atoms with van der Waals surface area (Å²) >= 11 is 0. The van der Waals surface area contributed by atoms with E-state index in [2.05, 4.69) is 24.4 Å². The molecule has 0 saturated heterocycles. The fraction of sp³-hybridized carbons (Fsp3) is 0.333. The molecule has 0 saturated carbocycles. The Bertz CT molecular complexity index is 511. The molecule has 0 amide bonds. The van der Waals surface area contributed by atoms with Crippen molar-refractivity contribution < 1.29 is 9.47 Å². The first-order valence-corrected chi connectivity index (χ1v) is 7.35. The third-order valence-electron chi connectivity index (χ3n) is 3.40. The van der Waals surface area contributed by atoms with E-state index in [0.717, 1.165) is 31.1 Å². The zero-order valence-electron chi connectivity index (χ0n) is 12.7. The van der Waals surface area contributed by atoms with Gasteiger partial charge in [-0.2, -0.15) is 0 Å². The van der Waals surface area contributed by atoms with Crippen LogP contribution in [0.25, 0.3) is 0 Å². The van der Waals surface area contributed by atoms with Gasteiger partial charge in [-0.1, -0.05) is 30.3 Å². The predicted octanol–water partition coefficient (Wildman–Crippen LogP) is 3.81. The predicted molar refractivity (Wildman–Crippen MR) is 86.0 cm³/mol. The molecule has 0 unspecified atom stereocenters. The molecule has 0 spiro atoms. The Kier molecular flexibility index (Phi) is 6.10. The van der Waals surface area contributed by atoms with Crippen LogP contribution in [-0.4, -0.2) is 20.3 Å². The summed E-state index contributed by atoms with van der Waals surface area (Å²) in [7, 11) is 1.68. The van der Waals surface area contributed by atoms with E-state index in [-0.39, 0.29) is 0 Å². The molecule has 112 valence electrons. The normalized spacial score (nSPS) is 11.9. The van der Waals surface area contributed by atoms with Gasteiger partial charge in [0.1, 0.15) is 11.5 Å². The van der Waals surface area contributed by atoms with Gasteiger partial charge >= 0.3 is 0 Å². The van der Waals surface area contributed by atoms with Crippen molar-refractivity contribution in [2.75, 3.05) is 20.3 Å². The summed E-state index contributed by atoms with van der Waals surface area (Å²) in [6, 6.07) is 18.4. The number of rotatable bonds is 8. The van der Waals surface area contributed by atoms with Gasteiger partial charge in [0.2, 0.25) is 0 Å². The number of hydrogen-bond donors (Lipinski definition) is 1. The standard InChI is InChI=1S/C18H23NO2/c1-15(16-9-11-17(20-2)12-10-16)19-13-6-14-21-18-7-4-3-5-8-18/h3-5,7-12,15,19H,6,13-14H2,1-2H3/t15-/m1/s1. The molecule has 21 heavy (non-hydrogen) atoms. The molecule has 1 atom stereocenters. The topological polar surface area (TPSA) is 30.5 Å². The maximum atomic E-state index is 5.67. The fourth-order valence-corrected chi connectivity index (χ4v) is 2.11. The van der Waals surface area contributed by atoms with Crippen LogP contribution in [-0.2, 0) is 0 Å². The number of nitrogens with one attached hydrogen (secondary N) is 1. The van der Waals surface area contributed by atoms with Crippen molar-refractivity contribution >= 4 is 0 Å². The van der Waals surface area contributed by atoms with Crippen LogP contribution in [0.5, 0.6) is 11.5 Å². The third-order valence-corrected chi connectivity index (χ3v) is 3.40. The highest BCUT2D eigenvalue weighted by molar-refractivity contribution is 5.28. The van der Waals surface area contributed by atoms with Crippen molar-refractivity contribution in [3.63, 3.8) is 0 Å². The molecule has 0 fully saturated rings. The van der Waals surface area contributed by atoms with Gasteiger partial charge in [-0.05, 0) is 49.7 Å². The van der Waals surface area contributed by atoms with Crippen molar-refractivity contribution in [3.05, 3.63) is 60.2 Å². The first-order valence-electron chi connectivity index (χ1n) is 7.35. The maximum Gasteiger partial charge on any atom is 0.119 e. The highest BCUT2D eigenvalue weighted by atomic mass is 16.5. The van der Waals surface area contributed by atoms with E-state index in [9.17, 15) is 0 Å². The Labute approximate surface area is 126 Å². The van der Waals surface area contributed by atoms with Crippen LogP contribution in [0.15, 0.2) is 54.6 Å². The van der Waals surface area contributed by atoms with Gasteiger partial charge in [0.05, 0.1) is 13.7 Å². The fourth-order valence-electron chi connectivity index (χ4n) is 2.11. The van der Waals surface area contributed by atoms with Crippen LogP contribution in [0.2, 0.25) is 0 Å². The van der Waals surface area contributed by atoms with Crippen molar-refractivity contribution in [2.24, 2.45) is 0 Å². The van der Waals surface area contributed by atoms with Crippen LogP contribution < -0.4 is 14.8 Å². The lowest BCUT2D eigenvalue weighted by molar-refractivity contribution is 0.305. The van der Waals surface area contributed by atoms with Crippen LogP contribution in [0, 0.1) is 0 Å². The van der Waals surface area contributed by atoms with Gasteiger partial charge < -0.3 is 14.8 Å². The summed E-state index contributed by atoms with van der Waals surface area (Å²) < 4.78 is 10.8. The van der Waals surface area contributed by atoms with E-state index in [0.29, 0.717) is 6.04 Å². The van der Waals surface area contributed by atoms with E-state index >= 15 is 0 Å². The molecular formula is C18H23NO2. The SMILES string of the molecule is COc1ccc([C@@H](C)NCCCOc2ccccc2)cc1. The minimum absolute atomic E-state index is 0.327. The number of ether oxygens (including phenoxy) is 2. The molecule has 0 radical (unpaired) electrons. The number of para-hydroxylation sites is 1. The zero-order chi connectivity index (χ0) is 14.9. The zero-order valence-corrected chi connectivity index (χ0v) is 12.7. The average Bonchev–Trinajstić information content (AvgIpc) is 2.55. The van der Waals surface area contributed by atoms with Crippen molar-refractivity contribution in [1.29, 1.82) is 0 Å². The summed E-state index contributed by atoms with van der Waals surface area (Å²) in [4.78, 5) is 0. The van der Waals surface area contributed by atoms with E-state index < -0.39 is 0 Å². The van der Waals surface area contributed by atoms with Crippen LogP contribution >= 0.6 is 0 Å². The molecule has 0 heterocycles. The van der Waals surface area contributed by atoms with Gasteiger partial charge in [0.25, 0.3) is 0 Å². The molecule has 0 aromatic heterocycles. The van der Waals surface area contributed by atoms with Gasteiger partial charge in [0, 0.05) is 6.04 Å². The van der Waals surface area contributed by atoms with Gasteiger partial charge in [-0.3, -0.25) is 0 Å². The molecule has 0 aliphatic carbocycles. The molecule has 2 aromatic rings. The van der Waals surface area contributed by atoms with Crippen LogP contribution in [0.3, 0.4) is 0 Å². The lowest BCUT2D eigenvalue weighted by atomic mass is 10.1. The summed E-state index contributed by atoms with van der Waals surface area (Å²) in [5, 5.41) is 3.50. The van der Waals surface area contributed by atoms with Crippen molar-refractivity contribution in [2.45, 2.75) is 19.4 Å². The number of methoxy groups -OCH3 is 1.